The number of carbonyl (C=O) groups excluding carboxylic acids is 2. The second-order valence-electron chi connectivity index (χ2n) is 8.51. The molecule has 3 amide bonds. The number of carbonyl (C=O) groups is 2. The summed E-state index contributed by atoms with van der Waals surface area (Å²) in [6.45, 7) is 7.54. The van der Waals surface area contributed by atoms with Crippen LogP contribution in [0.5, 0.6) is 5.75 Å². The van der Waals surface area contributed by atoms with E-state index >= 15 is 0 Å². The molecule has 1 aliphatic heterocycles. The van der Waals surface area contributed by atoms with Gasteiger partial charge in [-0.2, -0.15) is 0 Å². The average molecular weight is 388 g/mol. The van der Waals surface area contributed by atoms with E-state index in [0.717, 1.165) is 25.1 Å². The van der Waals surface area contributed by atoms with Gasteiger partial charge >= 0.3 is 6.03 Å². The van der Waals surface area contributed by atoms with E-state index in [2.05, 4.69) is 34.6 Å². The largest absolute Gasteiger partial charge is 0.497 e. The van der Waals surface area contributed by atoms with Gasteiger partial charge in [0.1, 0.15) is 5.75 Å². The summed E-state index contributed by atoms with van der Waals surface area (Å²) in [7, 11) is 1.66. The fourth-order valence-corrected chi connectivity index (χ4v) is 4.80. The number of amides is 3. The lowest BCUT2D eigenvalue weighted by atomic mass is 9.88. The first kappa shape index (κ1) is 20.5. The summed E-state index contributed by atoms with van der Waals surface area (Å²) in [5.74, 6) is 2.32. The summed E-state index contributed by atoms with van der Waals surface area (Å²) in [4.78, 5) is 26.7. The van der Waals surface area contributed by atoms with Crippen molar-refractivity contribution in [3.63, 3.8) is 0 Å². The molecule has 6 heteroatoms. The first-order valence-electron chi connectivity index (χ1n) is 10.4. The van der Waals surface area contributed by atoms with Crippen molar-refractivity contribution in [3.05, 3.63) is 29.8 Å². The lowest BCUT2D eigenvalue weighted by molar-refractivity contribution is -0.129. The Morgan fingerprint density at radius 2 is 2.00 bits per heavy atom. The zero-order valence-electron chi connectivity index (χ0n) is 17.4. The minimum absolute atomic E-state index is 0.119. The number of methoxy groups -OCH3 is 1. The molecule has 1 aliphatic carbocycles. The van der Waals surface area contributed by atoms with Crippen molar-refractivity contribution < 1.29 is 14.3 Å². The van der Waals surface area contributed by atoms with E-state index in [0.29, 0.717) is 36.8 Å². The molecule has 0 radical (unpaired) electrons. The third-order valence-corrected chi connectivity index (χ3v) is 6.24. The van der Waals surface area contributed by atoms with Crippen molar-refractivity contribution in [1.82, 2.24) is 15.5 Å². The van der Waals surface area contributed by atoms with Crippen LogP contribution in [0.15, 0.2) is 24.3 Å². The molecule has 0 spiro atoms. The van der Waals surface area contributed by atoms with E-state index in [1.165, 1.54) is 5.56 Å². The average Bonchev–Trinajstić information content (AvgIpc) is 3.11. The van der Waals surface area contributed by atoms with E-state index in [4.69, 9.17) is 4.74 Å². The molecule has 2 aliphatic rings. The predicted molar refractivity (Wildman–Crippen MR) is 109 cm³/mol. The highest BCUT2D eigenvalue weighted by Gasteiger charge is 2.50. The standard InChI is InChI=1S/C22H33N3O3/c1-14(2)24-22(27)23-13-19-15(3)11-20-18(19)12-21(26)25(20)10-9-16-5-7-17(28-4)8-6-16/h5-8,14-15,18-20H,9-13H2,1-4H3,(H2,23,24,27)/t15-,18-,19+,20+/m0/s1. The first-order valence-corrected chi connectivity index (χ1v) is 10.4. The van der Waals surface area contributed by atoms with Gasteiger partial charge in [-0.3, -0.25) is 4.79 Å². The van der Waals surface area contributed by atoms with Crippen LogP contribution in [0.1, 0.15) is 39.2 Å². The van der Waals surface area contributed by atoms with Crippen LogP contribution in [0.2, 0.25) is 0 Å². The summed E-state index contributed by atoms with van der Waals surface area (Å²) in [6.07, 6.45) is 2.49. The van der Waals surface area contributed by atoms with Crippen molar-refractivity contribution in [2.75, 3.05) is 20.2 Å². The molecule has 2 N–H and O–H groups in total. The highest BCUT2D eigenvalue weighted by atomic mass is 16.5. The van der Waals surface area contributed by atoms with Crippen molar-refractivity contribution in [2.45, 2.75) is 52.1 Å². The van der Waals surface area contributed by atoms with Gasteiger partial charge in [0.05, 0.1) is 7.11 Å². The number of fused-ring (bicyclic) bond motifs is 1. The van der Waals surface area contributed by atoms with Gasteiger partial charge in [-0.1, -0.05) is 19.1 Å². The Labute approximate surface area is 168 Å². The molecule has 6 nitrogen and oxygen atoms in total. The third kappa shape index (κ3) is 4.59. The molecular formula is C22H33N3O3. The SMILES string of the molecule is COc1ccc(CCN2C(=O)C[C@H]3[C@H](CNC(=O)NC(C)C)[C@@H](C)C[C@H]32)cc1. The van der Waals surface area contributed by atoms with E-state index in [-0.39, 0.29) is 18.0 Å². The number of rotatable bonds is 7. The number of likely N-dealkylation sites (tertiary alicyclic amines) is 1. The zero-order chi connectivity index (χ0) is 20.3. The molecule has 0 bridgehead atoms. The van der Waals surface area contributed by atoms with Gasteiger partial charge in [0, 0.05) is 31.6 Å². The molecule has 2 fully saturated rings. The summed E-state index contributed by atoms with van der Waals surface area (Å²) >= 11 is 0. The Kier molecular flexibility index (Phi) is 6.47. The molecule has 1 heterocycles. The number of hydrogen-bond acceptors (Lipinski definition) is 3. The Morgan fingerprint density at radius 1 is 1.29 bits per heavy atom. The van der Waals surface area contributed by atoms with Gasteiger partial charge in [0.2, 0.25) is 5.91 Å². The van der Waals surface area contributed by atoms with Gasteiger partial charge in [0.25, 0.3) is 0 Å². The molecule has 154 valence electrons. The maximum atomic E-state index is 12.7. The second kappa shape index (κ2) is 8.84. The normalized spacial score (nSPS) is 26.5. The molecular weight excluding hydrogens is 354 g/mol. The Hall–Kier alpha value is -2.24. The van der Waals surface area contributed by atoms with Crippen molar-refractivity contribution in [2.24, 2.45) is 17.8 Å². The third-order valence-electron chi connectivity index (χ3n) is 6.24. The first-order chi connectivity index (χ1) is 13.4. The minimum atomic E-state index is -0.119. The van der Waals surface area contributed by atoms with E-state index in [9.17, 15) is 9.59 Å². The highest BCUT2D eigenvalue weighted by Crippen LogP contribution is 2.45. The fourth-order valence-electron chi connectivity index (χ4n) is 4.80. The summed E-state index contributed by atoms with van der Waals surface area (Å²) in [5.41, 5.74) is 1.21. The van der Waals surface area contributed by atoms with Gasteiger partial charge in [-0.05, 0) is 62.1 Å². The minimum Gasteiger partial charge on any atom is -0.497 e. The number of benzene rings is 1. The maximum Gasteiger partial charge on any atom is 0.314 e. The van der Waals surface area contributed by atoms with E-state index < -0.39 is 0 Å². The monoisotopic (exact) mass is 387 g/mol. The number of hydrogen-bond donors (Lipinski definition) is 2. The quantitative estimate of drug-likeness (QED) is 0.756. The molecule has 0 unspecified atom stereocenters. The van der Waals surface area contributed by atoms with Crippen LogP contribution in [0.4, 0.5) is 4.79 Å². The highest BCUT2D eigenvalue weighted by molar-refractivity contribution is 5.79. The van der Waals surface area contributed by atoms with Crippen LogP contribution < -0.4 is 15.4 Å². The number of nitrogens with zero attached hydrogens (tertiary/aromatic N) is 1. The van der Waals surface area contributed by atoms with E-state index in [1.807, 2.05) is 26.0 Å². The number of urea groups is 1. The predicted octanol–water partition coefficient (Wildman–Crippen LogP) is 2.82. The lowest BCUT2D eigenvalue weighted by Gasteiger charge is -2.25. The number of nitrogens with one attached hydrogen (secondary N) is 2. The summed E-state index contributed by atoms with van der Waals surface area (Å²) in [6, 6.07) is 8.36. The van der Waals surface area contributed by atoms with Crippen molar-refractivity contribution in [3.8, 4) is 5.75 Å². The Bertz CT molecular complexity index is 689. The van der Waals surface area contributed by atoms with Crippen LogP contribution in [-0.4, -0.2) is 49.1 Å². The van der Waals surface area contributed by atoms with Crippen molar-refractivity contribution >= 4 is 11.9 Å². The lowest BCUT2D eigenvalue weighted by Crippen LogP contribution is -2.42. The van der Waals surface area contributed by atoms with Crippen LogP contribution in [0, 0.1) is 17.8 Å². The molecule has 28 heavy (non-hydrogen) atoms. The Balaban J connectivity index is 1.56. The van der Waals surface area contributed by atoms with Crippen LogP contribution in [0.3, 0.4) is 0 Å². The van der Waals surface area contributed by atoms with Gasteiger partial charge in [-0.25, -0.2) is 4.79 Å². The number of ether oxygens (including phenoxy) is 1. The smallest absolute Gasteiger partial charge is 0.314 e. The van der Waals surface area contributed by atoms with E-state index in [1.54, 1.807) is 7.11 Å². The zero-order valence-corrected chi connectivity index (χ0v) is 17.4. The molecule has 4 atom stereocenters. The van der Waals surface area contributed by atoms with Crippen LogP contribution >= 0.6 is 0 Å². The molecule has 3 rings (SSSR count). The molecule has 1 saturated heterocycles. The van der Waals surface area contributed by atoms with Crippen LogP contribution in [-0.2, 0) is 11.2 Å². The maximum absolute atomic E-state index is 12.7. The summed E-state index contributed by atoms with van der Waals surface area (Å²) < 4.78 is 5.21. The van der Waals surface area contributed by atoms with Gasteiger partial charge in [0.15, 0.2) is 0 Å². The molecule has 1 aromatic carbocycles. The van der Waals surface area contributed by atoms with Crippen molar-refractivity contribution in [1.29, 1.82) is 0 Å². The fraction of sp³-hybridized carbons (Fsp3) is 0.636. The van der Waals surface area contributed by atoms with Gasteiger partial charge in [-0.15, -0.1) is 0 Å². The molecule has 0 aromatic heterocycles. The molecule has 1 aromatic rings. The topological polar surface area (TPSA) is 70.7 Å². The Morgan fingerprint density at radius 3 is 2.64 bits per heavy atom. The second-order valence-corrected chi connectivity index (χ2v) is 8.51. The summed E-state index contributed by atoms with van der Waals surface area (Å²) in [5, 5.41) is 5.87. The van der Waals surface area contributed by atoms with Gasteiger partial charge < -0.3 is 20.3 Å². The van der Waals surface area contributed by atoms with Crippen LogP contribution in [0.25, 0.3) is 0 Å². The molecule has 1 saturated carbocycles.